The van der Waals surface area contributed by atoms with Gasteiger partial charge in [0.05, 0.1) is 0 Å². The highest BCUT2D eigenvalue weighted by Crippen LogP contribution is 2.18. The standard InChI is InChI=1S/C17H18F2O/c1-12-3-2-4-13(7-12)8-14(11-20)9-15-5-6-16(18)10-17(15)19/h2-7,10,14,20H,8-9,11H2,1H3. The van der Waals surface area contributed by atoms with Crippen molar-refractivity contribution in [3.63, 3.8) is 0 Å². The Morgan fingerprint density at radius 3 is 2.50 bits per heavy atom. The van der Waals surface area contributed by atoms with Crippen LogP contribution < -0.4 is 0 Å². The van der Waals surface area contributed by atoms with Gasteiger partial charge in [-0.1, -0.05) is 35.9 Å². The van der Waals surface area contributed by atoms with Gasteiger partial charge in [0.1, 0.15) is 11.6 Å². The molecule has 3 heteroatoms. The lowest BCUT2D eigenvalue weighted by molar-refractivity contribution is 0.224. The third-order valence-corrected chi connectivity index (χ3v) is 3.39. The first-order valence-corrected chi connectivity index (χ1v) is 6.69. The Kier molecular flexibility index (Phi) is 4.85. The Balaban J connectivity index is 2.09. The van der Waals surface area contributed by atoms with E-state index in [2.05, 4.69) is 6.07 Å². The molecular formula is C17H18F2O. The second kappa shape index (κ2) is 6.62. The molecule has 0 spiro atoms. The molecule has 2 aromatic carbocycles. The van der Waals surface area contributed by atoms with Crippen molar-refractivity contribution in [2.45, 2.75) is 19.8 Å². The van der Waals surface area contributed by atoms with E-state index >= 15 is 0 Å². The summed E-state index contributed by atoms with van der Waals surface area (Å²) >= 11 is 0. The number of aryl methyl sites for hydroxylation is 1. The Hall–Kier alpha value is -1.74. The molecule has 0 aliphatic heterocycles. The van der Waals surface area contributed by atoms with Crippen LogP contribution in [0.3, 0.4) is 0 Å². The van der Waals surface area contributed by atoms with E-state index in [-0.39, 0.29) is 12.5 Å². The molecule has 0 saturated heterocycles. The molecule has 106 valence electrons. The molecule has 0 heterocycles. The van der Waals surface area contributed by atoms with Crippen LogP contribution in [0.5, 0.6) is 0 Å². The number of aliphatic hydroxyl groups is 1. The molecule has 0 aliphatic rings. The number of rotatable bonds is 5. The minimum Gasteiger partial charge on any atom is -0.396 e. The van der Waals surface area contributed by atoms with Crippen molar-refractivity contribution < 1.29 is 13.9 Å². The minimum atomic E-state index is -0.578. The Morgan fingerprint density at radius 1 is 1.05 bits per heavy atom. The van der Waals surface area contributed by atoms with Gasteiger partial charge in [-0.05, 0) is 42.9 Å². The lowest BCUT2D eigenvalue weighted by Crippen LogP contribution is -2.14. The molecule has 2 rings (SSSR count). The van der Waals surface area contributed by atoms with Crippen molar-refractivity contribution >= 4 is 0 Å². The predicted molar refractivity (Wildman–Crippen MR) is 75.5 cm³/mol. The SMILES string of the molecule is Cc1cccc(CC(CO)Cc2ccc(F)cc2F)c1. The molecule has 0 saturated carbocycles. The third kappa shape index (κ3) is 3.87. The molecule has 0 aliphatic carbocycles. The van der Waals surface area contributed by atoms with Crippen molar-refractivity contribution in [3.05, 3.63) is 70.8 Å². The topological polar surface area (TPSA) is 20.2 Å². The van der Waals surface area contributed by atoms with E-state index < -0.39 is 11.6 Å². The van der Waals surface area contributed by atoms with E-state index in [0.29, 0.717) is 18.4 Å². The quantitative estimate of drug-likeness (QED) is 0.883. The van der Waals surface area contributed by atoms with E-state index in [1.165, 1.54) is 12.1 Å². The first-order chi connectivity index (χ1) is 9.58. The summed E-state index contributed by atoms with van der Waals surface area (Å²) in [6, 6.07) is 11.6. The van der Waals surface area contributed by atoms with Crippen LogP contribution in [0.4, 0.5) is 8.78 Å². The van der Waals surface area contributed by atoms with Crippen LogP contribution in [0.2, 0.25) is 0 Å². The lowest BCUT2D eigenvalue weighted by Gasteiger charge is -2.15. The summed E-state index contributed by atoms with van der Waals surface area (Å²) in [5, 5.41) is 9.47. The maximum absolute atomic E-state index is 13.6. The van der Waals surface area contributed by atoms with Gasteiger partial charge in [0, 0.05) is 12.7 Å². The van der Waals surface area contributed by atoms with Gasteiger partial charge in [0.25, 0.3) is 0 Å². The van der Waals surface area contributed by atoms with Crippen LogP contribution in [0.25, 0.3) is 0 Å². The second-order valence-electron chi connectivity index (χ2n) is 5.18. The number of benzene rings is 2. The first-order valence-electron chi connectivity index (χ1n) is 6.69. The molecule has 0 radical (unpaired) electrons. The zero-order valence-electron chi connectivity index (χ0n) is 11.4. The van der Waals surface area contributed by atoms with Gasteiger partial charge in [0.2, 0.25) is 0 Å². The van der Waals surface area contributed by atoms with E-state index in [4.69, 9.17) is 0 Å². The number of halogens is 2. The number of hydrogen-bond acceptors (Lipinski definition) is 1. The van der Waals surface area contributed by atoms with Crippen molar-refractivity contribution in [2.75, 3.05) is 6.61 Å². The van der Waals surface area contributed by atoms with Crippen LogP contribution in [-0.2, 0) is 12.8 Å². The van der Waals surface area contributed by atoms with Crippen LogP contribution in [0, 0.1) is 24.5 Å². The highest BCUT2D eigenvalue weighted by molar-refractivity contribution is 5.24. The number of hydrogen-bond donors (Lipinski definition) is 1. The lowest BCUT2D eigenvalue weighted by atomic mass is 9.92. The van der Waals surface area contributed by atoms with Crippen LogP contribution >= 0.6 is 0 Å². The molecule has 1 atom stereocenters. The van der Waals surface area contributed by atoms with Crippen molar-refractivity contribution in [3.8, 4) is 0 Å². The fourth-order valence-electron chi connectivity index (χ4n) is 2.37. The van der Waals surface area contributed by atoms with Crippen molar-refractivity contribution in [1.82, 2.24) is 0 Å². The molecule has 0 fully saturated rings. The number of aliphatic hydroxyl groups excluding tert-OH is 1. The normalized spacial score (nSPS) is 12.4. The van der Waals surface area contributed by atoms with E-state index in [9.17, 15) is 13.9 Å². The van der Waals surface area contributed by atoms with E-state index in [1.807, 2.05) is 25.1 Å². The van der Waals surface area contributed by atoms with Gasteiger partial charge in [0.15, 0.2) is 0 Å². The fourth-order valence-corrected chi connectivity index (χ4v) is 2.37. The molecule has 0 amide bonds. The van der Waals surface area contributed by atoms with Gasteiger partial charge < -0.3 is 5.11 Å². The molecule has 2 aromatic rings. The maximum atomic E-state index is 13.6. The molecule has 1 N–H and O–H groups in total. The predicted octanol–water partition coefficient (Wildman–Crippen LogP) is 3.67. The first kappa shape index (κ1) is 14.7. The zero-order chi connectivity index (χ0) is 14.5. The smallest absolute Gasteiger partial charge is 0.129 e. The van der Waals surface area contributed by atoms with Crippen molar-refractivity contribution in [2.24, 2.45) is 5.92 Å². The Morgan fingerprint density at radius 2 is 1.85 bits per heavy atom. The highest BCUT2D eigenvalue weighted by atomic mass is 19.1. The summed E-state index contributed by atoms with van der Waals surface area (Å²) < 4.78 is 26.5. The summed E-state index contributed by atoms with van der Waals surface area (Å²) in [6.45, 7) is 1.99. The van der Waals surface area contributed by atoms with Crippen LogP contribution in [0.1, 0.15) is 16.7 Å². The molecule has 1 nitrogen and oxygen atoms in total. The summed E-state index contributed by atoms with van der Waals surface area (Å²) in [6.07, 6.45) is 1.07. The highest BCUT2D eigenvalue weighted by Gasteiger charge is 2.13. The Bertz CT molecular complexity index is 581. The summed E-state index contributed by atoms with van der Waals surface area (Å²) in [5.74, 6) is -1.20. The van der Waals surface area contributed by atoms with E-state index in [0.717, 1.165) is 17.2 Å². The van der Waals surface area contributed by atoms with Gasteiger partial charge in [-0.15, -0.1) is 0 Å². The van der Waals surface area contributed by atoms with Crippen molar-refractivity contribution in [1.29, 1.82) is 0 Å². The summed E-state index contributed by atoms with van der Waals surface area (Å²) in [7, 11) is 0. The molecule has 0 bridgehead atoms. The molecule has 20 heavy (non-hydrogen) atoms. The maximum Gasteiger partial charge on any atom is 0.129 e. The fraction of sp³-hybridized carbons (Fsp3) is 0.294. The summed E-state index contributed by atoms with van der Waals surface area (Å²) in [5.41, 5.74) is 2.72. The molecule has 0 aromatic heterocycles. The monoisotopic (exact) mass is 276 g/mol. The Labute approximate surface area is 117 Å². The average Bonchev–Trinajstić information content (AvgIpc) is 2.41. The minimum absolute atomic E-state index is 0.0231. The zero-order valence-corrected chi connectivity index (χ0v) is 11.4. The van der Waals surface area contributed by atoms with Gasteiger partial charge in [-0.2, -0.15) is 0 Å². The average molecular weight is 276 g/mol. The van der Waals surface area contributed by atoms with E-state index in [1.54, 1.807) is 0 Å². The third-order valence-electron chi connectivity index (χ3n) is 3.39. The van der Waals surface area contributed by atoms with Gasteiger partial charge in [-0.25, -0.2) is 8.78 Å². The largest absolute Gasteiger partial charge is 0.396 e. The summed E-state index contributed by atoms with van der Waals surface area (Å²) in [4.78, 5) is 0. The van der Waals surface area contributed by atoms with Crippen LogP contribution in [-0.4, -0.2) is 11.7 Å². The molecule has 1 unspecified atom stereocenters. The molecular weight excluding hydrogens is 258 g/mol. The van der Waals surface area contributed by atoms with Gasteiger partial charge >= 0.3 is 0 Å². The second-order valence-corrected chi connectivity index (χ2v) is 5.18. The van der Waals surface area contributed by atoms with Crippen LogP contribution in [0.15, 0.2) is 42.5 Å². The van der Waals surface area contributed by atoms with Gasteiger partial charge in [-0.3, -0.25) is 0 Å².